The van der Waals surface area contributed by atoms with E-state index in [0.717, 1.165) is 4.88 Å². The average molecular weight is 431 g/mol. The van der Waals surface area contributed by atoms with Crippen LogP contribution in [-0.2, 0) is 14.4 Å². The predicted molar refractivity (Wildman–Crippen MR) is 123 cm³/mol. The second-order valence-electron chi connectivity index (χ2n) is 7.41. The molecule has 2 aromatic carbocycles. The summed E-state index contributed by atoms with van der Waals surface area (Å²) in [6, 6.07) is 22.0. The number of anilines is 2. The van der Waals surface area contributed by atoms with Crippen molar-refractivity contribution in [2.45, 2.75) is 19.8 Å². The molecule has 0 bridgehead atoms. The molecule has 0 saturated heterocycles. The lowest BCUT2D eigenvalue weighted by Crippen LogP contribution is -2.47. The Morgan fingerprint density at radius 2 is 1.58 bits per heavy atom. The number of amides is 2. The minimum absolute atomic E-state index is 0.262. The van der Waals surface area contributed by atoms with Gasteiger partial charge in [-0.2, -0.15) is 0 Å². The van der Waals surface area contributed by atoms with E-state index in [1.54, 1.807) is 31.2 Å². The van der Waals surface area contributed by atoms with E-state index in [9.17, 15) is 14.4 Å². The molecule has 0 aliphatic carbocycles. The van der Waals surface area contributed by atoms with Gasteiger partial charge in [0.05, 0.1) is 0 Å². The minimum atomic E-state index is -0.973. The number of Topliss-reactive ketones (excluding diaryl/α,β-unsaturated/α-hetero) is 1. The lowest BCUT2D eigenvalue weighted by molar-refractivity contribution is -0.132. The molecule has 0 fully saturated rings. The fourth-order valence-electron chi connectivity index (χ4n) is 4.07. The molecule has 1 aliphatic rings. The Hall–Kier alpha value is -3.51. The molecule has 6 heteroatoms. The van der Waals surface area contributed by atoms with Crippen molar-refractivity contribution in [3.63, 3.8) is 0 Å². The van der Waals surface area contributed by atoms with Crippen LogP contribution in [0.25, 0.3) is 0 Å². The number of allylic oxidation sites excluding steroid dienone is 1. The van der Waals surface area contributed by atoms with Crippen molar-refractivity contribution < 1.29 is 14.4 Å². The lowest BCUT2D eigenvalue weighted by atomic mass is 9.77. The van der Waals surface area contributed by atoms with Crippen molar-refractivity contribution in [3.8, 4) is 0 Å². The number of thiophene rings is 1. The molecule has 1 N–H and O–H groups in total. The molecule has 0 saturated carbocycles. The Morgan fingerprint density at radius 3 is 2.16 bits per heavy atom. The summed E-state index contributed by atoms with van der Waals surface area (Å²) in [5.41, 5.74) is 2.24. The van der Waals surface area contributed by atoms with E-state index in [-0.39, 0.29) is 17.6 Å². The predicted octanol–water partition coefficient (Wildman–Crippen LogP) is 5.00. The van der Waals surface area contributed by atoms with Crippen LogP contribution in [-0.4, -0.2) is 17.6 Å². The first-order valence-corrected chi connectivity index (χ1v) is 10.9. The quantitative estimate of drug-likeness (QED) is 0.580. The second kappa shape index (κ2) is 8.70. The fourth-order valence-corrected chi connectivity index (χ4v) is 4.94. The molecule has 2 heterocycles. The maximum absolute atomic E-state index is 13.6. The summed E-state index contributed by atoms with van der Waals surface area (Å²) in [7, 11) is 0. The third kappa shape index (κ3) is 3.94. The van der Waals surface area contributed by atoms with Gasteiger partial charge in [0.2, 0.25) is 5.91 Å². The normalized spacial score (nSPS) is 18.8. The van der Waals surface area contributed by atoms with Crippen LogP contribution in [0.4, 0.5) is 11.4 Å². The van der Waals surface area contributed by atoms with Crippen LogP contribution in [0, 0.1) is 5.92 Å². The second-order valence-corrected chi connectivity index (χ2v) is 8.39. The number of hydrogen-bond donors (Lipinski definition) is 1. The summed E-state index contributed by atoms with van der Waals surface area (Å²) in [5.74, 6) is -2.50. The first-order valence-electron chi connectivity index (χ1n) is 9.99. The van der Waals surface area contributed by atoms with Crippen LogP contribution in [0.3, 0.4) is 0 Å². The van der Waals surface area contributed by atoms with Crippen molar-refractivity contribution in [1.29, 1.82) is 0 Å². The van der Waals surface area contributed by atoms with Crippen LogP contribution in [0.15, 0.2) is 89.4 Å². The SMILES string of the molecule is CC(=O)[C@@H]1C(=O)N(c2ccccc2)C(C)=C(C(=O)Nc2ccccc2)[C@H]1c1cccs1. The highest BCUT2D eigenvalue weighted by molar-refractivity contribution is 7.10. The number of hydrogen-bond acceptors (Lipinski definition) is 4. The zero-order valence-electron chi connectivity index (χ0n) is 17.2. The fraction of sp³-hybridized carbons (Fsp3) is 0.160. The van der Waals surface area contributed by atoms with E-state index in [4.69, 9.17) is 0 Å². The van der Waals surface area contributed by atoms with Gasteiger partial charge in [-0.15, -0.1) is 11.3 Å². The Balaban J connectivity index is 1.89. The van der Waals surface area contributed by atoms with Crippen molar-refractivity contribution in [1.82, 2.24) is 0 Å². The van der Waals surface area contributed by atoms with E-state index >= 15 is 0 Å². The summed E-state index contributed by atoms with van der Waals surface area (Å²) < 4.78 is 0. The molecule has 0 radical (unpaired) electrons. The number of para-hydroxylation sites is 2. The Bertz CT molecular complexity index is 1140. The largest absolute Gasteiger partial charge is 0.322 e. The summed E-state index contributed by atoms with van der Waals surface area (Å²) in [4.78, 5) is 42.1. The van der Waals surface area contributed by atoms with Gasteiger partial charge in [0.25, 0.3) is 5.91 Å². The zero-order chi connectivity index (χ0) is 22.0. The van der Waals surface area contributed by atoms with Crippen molar-refractivity contribution in [3.05, 3.63) is 94.3 Å². The molecule has 31 heavy (non-hydrogen) atoms. The molecule has 5 nitrogen and oxygen atoms in total. The van der Waals surface area contributed by atoms with Gasteiger partial charge in [0.1, 0.15) is 11.7 Å². The lowest BCUT2D eigenvalue weighted by Gasteiger charge is -2.38. The number of nitrogens with zero attached hydrogens (tertiary/aromatic N) is 1. The number of carbonyl (C=O) groups is 3. The van der Waals surface area contributed by atoms with Crippen molar-refractivity contribution in [2.24, 2.45) is 5.92 Å². The number of carbonyl (C=O) groups excluding carboxylic acids is 3. The van der Waals surface area contributed by atoms with Gasteiger partial charge in [0.15, 0.2) is 0 Å². The molecule has 1 aromatic heterocycles. The van der Waals surface area contributed by atoms with Gasteiger partial charge in [-0.25, -0.2) is 0 Å². The van der Waals surface area contributed by atoms with Gasteiger partial charge in [-0.1, -0.05) is 42.5 Å². The Labute approximate surface area is 185 Å². The highest BCUT2D eigenvalue weighted by Crippen LogP contribution is 2.44. The Kier molecular flexibility index (Phi) is 5.82. The van der Waals surface area contributed by atoms with Gasteiger partial charge in [-0.05, 0) is 49.6 Å². The first kappa shape index (κ1) is 20.8. The van der Waals surface area contributed by atoms with Crippen molar-refractivity contribution in [2.75, 3.05) is 10.2 Å². The number of benzene rings is 2. The van der Waals surface area contributed by atoms with E-state index in [2.05, 4.69) is 5.32 Å². The van der Waals surface area contributed by atoms with E-state index in [0.29, 0.717) is 22.6 Å². The standard InChI is InChI=1S/C25H22N2O3S/c1-16-21(24(29)26-18-10-5-3-6-11-18)23(20-14-9-15-31-20)22(17(2)28)25(30)27(16)19-12-7-4-8-13-19/h3-15,22-23H,1-2H3,(H,26,29)/t22-,23+/m0/s1. The van der Waals surface area contributed by atoms with E-state index in [1.165, 1.54) is 23.2 Å². The molecule has 0 spiro atoms. The molecule has 2 amide bonds. The summed E-state index contributed by atoms with van der Waals surface area (Å²) in [6.45, 7) is 3.18. The molecular formula is C25H22N2O3S. The highest BCUT2D eigenvalue weighted by Gasteiger charge is 2.47. The maximum atomic E-state index is 13.6. The van der Waals surface area contributed by atoms with Crippen LogP contribution in [0.2, 0.25) is 0 Å². The summed E-state index contributed by atoms with van der Waals surface area (Å²) in [6.07, 6.45) is 0. The topological polar surface area (TPSA) is 66.5 Å². The molecule has 156 valence electrons. The van der Waals surface area contributed by atoms with Crippen LogP contribution < -0.4 is 10.2 Å². The smallest absolute Gasteiger partial charge is 0.254 e. The third-order valence-electron chi connectivity index (χ3n) is 5.43. The third-order valence-corrected chi connectivity index (χ3v) is 6.39. The number of nitrogens with one attached hydrogen (secondary N) is 1. The molecule has 1 aliphatic heterocycles. The summed E-state index contributed by atoms with van der Waals surface area (Å²) in [5, 5.41) is 4.83. The average Bonchev–Trinajstić information content (AvgIpc) is 3.29. The molecular weight excluding hydrogens is 408 g/mol. The minimum Gasteiger partial charge on any atom is -0.322 e. The number of rotatable bonds is 5. The molecule has 0 unspecified atom stereocenters. The monoisotopic (exact) mass is 430 g/mol. The van der Waals surface area contributed by atoms with Crippen LogP contribution in [0.5, 0.6) is 0 Å². The molecule has 4 rings (SSSR count). The van der Waals surface area contributed by atoms with Gasteiger partial charge < -0.3 is 5.32 Å². The Morgan fingerprint density at radius 1 is 0.935 bits per heavy atom. The van der Waals surface area contributed by atoms with E-state index < -0.39 is 11.8 Å². The van der Waals surface area contributed by atoms with E-state index in [1.807, 2.05) is 53.9 Å². The number of ketones is 1. The molecule has 3 aromatic rings. The van der Waals surface area contributed by atoms with Crippen LogP contribution in [0.1, 0.15) is 24.6 Å². The molecule has 2 atom stereocenters. The van der Waals surface area contributed by atoms with Gasteiger partial charge in [-0.3, -0.25) is 19.3 Å². The zero-order valence-corrected chi connectivity index (χ0v) is 18.1. The van der Waals surface area contributed by atoms with Gasteiger partial charge in [0, 0.05) is 33.4 Å². The van der Waals surface area contributed by atoms with Gasteiger partial charge >= 0.3 is 0 Å². The highest BCUT2D eigenvalue weighted by atomic mass is 32.1. The van der Waals surface area contributed by atoms with Crippen LogP contribution >= 0.6 is 11.3 Å². The first-order chi connectivity index (χ1) is 15.0. The van der Waals surface area contributed by atoms with Crippen molar-refractivity contribution >= 4 is 40.3 Å². The summed E-state index contributed by atoms with van der Waals surface area (Å²) >= 11 is 1.44. The maximum Gasteiger partial charge on any atom is 0.254 e.